The van der Waals surface area contributed by atoms with E-state index in [1.807, 2.05) is 12.1 Å². The molecule has 5 N–H and O–H groups in total. The van der Waals surface area contributed by atoms with Crippen LogP contribution < -0.4 is 11.1 Å². The summed E-state index contributed by atoms with van der Waals surface area (Å²) in [4.78, 5) is 13.2. The topological polar surface area (TPSA) is 80.2 Å². The molecule has 3 atom stereocenters. The number of hydrogen-bond acceptors (Lipinski definition) is 3. The van der Waals surface area contributed by atoms with Gasteiger partial charge in [-0.1, -0.05) is 60.7 Å². The van der Waals surface area contributed by atoms with E-state index < -0.39 is 5.97 Å². The van der Waals surface area contributed by atoms with Gasteiger partial charge in [-0.25, -0.2) is 0 Å². The van der Waals surface area contributed by atoms with Crippen molar-refractivity contribution in [2.75, 3.05) is 13.1 Å². The molecule has 5 nitrogen and oxygen atoms in total. The summed E-state index contributed by atoms with van der Waals surface area (Å²) in [5, 5.41) is 12.7. The van der Waals surface area contributed by atoms with E-state index in [9.17, 15) is 4.79 Å². The first-order chi connectivity index (χ1) is 12.6. The molecule has 0 bridgehead atoms. The number of quaternary nitrogens is 1. The maximum absolute atomic E-state index is 10.9. The molecule has 2 aromatic rings. The number of carboxylic acid groups (broad SMARTS) is 1. The lowest BCUT2D eigenvalue weighted by Gasteiger charge is -2.42. The Morgan fingerprint density at radius 3 is 2.42 bits per heavy atom. The second-order valence-corrected chi connectivity index (χ2v) is 6.99. The lowest BCUT2D eigenvalue weighted by Crippen LogP contribution is -2.79. The van der Waals surface area contributed by atoms with E-state index in [0.29, 0.717) is 6.42 Å². The van der Waals surface area contributed by atoms with E-state index in [0.717, 1.165) is 19.5 Å². The molecular formula is C21H28N3O2+. The quantitative estimate of drug-likeness (QED) is 0.707. The third-order valence-electron chi connectivity index (χ3n) is 5.10. The van der Waals surface area contributed by atoms with Crippen LogP contribution in [0.25, 0.3) is 0 Å². The number of aliphatic carboxylic acids is 1. The molecule has 26 heavy (non-hydrogen) atoms. The third kappa shape index (κ3) is 4.91. The van der Waals surface area contributed by atoms with Crippen LogP contribution in [0.4, 0.5) is 0 Å². The number of carbonyl (C=O) groups is 1. The average Bonchev–Trinajstić information content (AvgIpc) is 2.66. The maximum atomic E-state index is 10.9. The molecule has 3 unspecified atom stereocenters. The highest BCUT2D eigenvalue weighted by atomic mass is 16.4. The van der Waals surface area contributed by atoms with Gasteiger partial charge < -0.3 is 10.8 Å². The van der Waals surface area contributed by atoms with Gasteiger partial charge in [-0.05, 0) is 24.0 Å². The first kappa shape index (κ1) is 18.6. The van der Waals surface area contributed by atoms with Gasteiger partial charge in [0.15, 0.2) is 6.17 Å². The van der Waals surface area contributed by atoms with Crippen LogP contribution in [0.5, 0.6) is 0 Å². The zero-order valence-electron chi connectivity index (χ0n) is 15.1. The lowest BCUT2D eigenvalue weighted by molar-refractivity contribution is -0.470. The minimum Gasteiger partial charge on any atom is -0.481 e. The summed E-state index contributed by atoms with van der Waals surface area (Å²) < 4.78 is 0. The predicted octanol–water partition coefficient (Wildman–Crippen LogP) is 1.68. The van der Waals surface area contributed by atoms with Gasteiger partial charge in [0.1, 0.15) is 0 Å². The normalized spacial score (nSPS) is 23.7. The Bertz CT molecular complexity index is 693. The molecule has 0 radical (unpaired) electrons. The molecule has 1 aliphatic rings. The Morgan fingerprint density at radius 2 is 1.77 bits per heavy atom. The monoisotopic (exact) mass is 354 g/mol. The van der Waals surface area contributed by atoms with Crippen molar-refractivity contribution in [3.63, 3.8) is 0 Å². The minimum absolute atomic E-state index is 0.115. The van der Waals surface area contributed by atoms with Crippen molar-refractivity contribution >= 4 is 5.97 Å². The first-order valence-electron chi connectivity index (χ1n) is 9.27. The van der Waals surface area contributed by atoms with Gasteiger partial charge in [0.2, 0.25) is 0 Å². The Kier molecular flexibility index (Phi) is 6.39. The van der Waals surface area contributed by atoms with Crippen LogP contribution in [-0.4, -0.2) is 41.3 Å². The van der Waals surface area contributed by atoms with Gasteiger partial charge in [-0.15, -0.1) is 0 Å². The standard InChI is InChI=1S/C21H27N3O2/c22-21-18(14-16-8-3-1-4-9-16)23-19(17-10-5-2-6-11-17)15-24(21)13-7-12-20(25)26/h1-6,8-11,18-19,21,23H,7,12-15,22H2,(H,25,26)/p+1. The fraction of sp³-hybridized carbons (Fsp3) is 0.381. The van der Waals surface area contributed by atoms with Crippen LogP contribution in [0.15, 0.2) is 60.7 Å². The van der Waals surface area contributed by atoms with Gasteiger partial charge in [0.25, 0.3) is 0 Å². The highest BCUT2D eigenvalue weighted by molar-refractivity contribution is 5.66. The van der Waals surface area contributed by atoms with E-state index in [1.54, 1.807) is 0 Å². The summed E-state index contributed by atoms with van der Waals surface area (Å²) in [6.45, 7) is 1.61. The molecule has 2 aromatic carbocycles. The van der Waals surface area contributed by atoms with E-state index in [2.05, 4.69) is 64.5 Å². The number of benzene rings is 2. The molecule has 5 heteroatoms. The number of nitrogens with one attached hydrogen (secondary N) is 1. The number of piperazine rings is 1. The SMILES string of the molecule is [NH3+]C1C(Cc2ccccc2)NC(c2ccccc2)CN1CCCC(=O)O. The summed E-state index contributed by atoms with van der Waals surface area (Å²) in [5.74, 6) is -0.735. The van der Waals surface area contributed by atoms with Crippen molar-refractivity contribution in [3.05, 3.63) is 71.8 Å². The first-order valence-corrected chi connectivity index (χ1v) is 9.27. The highest BCUT2D eigenvalue weighted by Crippen LogP contribution is 2.23. The largest absolute Gasteiger partial charge is 0.481 e. The van der Waals surface area contributed by atoms with Gasteiger partial charge in [-0.3, -0.25) is 15.0 Å². The van der Waals surface area contributed by atoms with Crippen LogP contribution in [0, 0.1) is 0 Å². The molecule has 1 heterocycles. The lowest BCUT2D eigenvalue weighted by atomic mass is 9.95. The number of nitrogens with zero attached hydrogens (tertiary/aromatic N) is 1. The molecule has 1 aliphatic heterocycles. The van der Waals surface area contributed by atoms with Gasteiger partial charge >= 0.3 is 5.97 Å². The van der Waals surface area contributed by atoms with Crippen LogP contribution in [0.3, 0.4) is 0 Å². The summed E-state index contributed by atoms with van der Waals surface area (Å²) in [7, 11) is 0. The summed E-state index contributed by atoms with van der Waals surface area (Å²) in [6, 6.07) is 21.4. The van der Waals surface area contributed by atoms with Crippen LogP contribution in [0.1, 0.15) is 30.0 Å². The molecule has 138 valence electrons. The van der Waals surface area contributed by atoms with E-state index in [1.165, 1.54) is 11.1 Å². The molecule has 3 rings (SSSR count). The predicted molar refractivity (Wildman–Crippen MR) is 101 cm³/mol. The van der Waals surface area contributed by atoms with E-state index in [-0.39, 0.29) is 24.7 Å². The number of rotatable bonds is 7. The maximum Gasteiger partial charge on any atom is 0.303 e. The number of carboxylic acids is 1. The zero-order chi connectivity index (χ0) is 18.4. The molecule has 0 aromatic heterocycles. The Balaban J connectivity index is 1.74. The summed E-state index contributed by atoms with van der Waals surface area (Å²) in [5.41, 5.74) is 6.95. The van der Waals surface area contributed by atoms with Crippen molar-refractivity contribution in [2.45, 2.75) is 37.5 Å². The smallest absolute Gasteiger partial charge is 0.303 e. The Morgan fingerprint density at radius 1 is 1.12 bits per heavy atom. The second kappa shape index (κ2) is 8.94. The van der Waals surface area contributed by atoms with Gasteiger partial charge in [-0.2, -0.15) is 0 Å². The fourth-order valence-corrected chi connectivity index (χ4v) is 3.69. The minimum atomic E-state index is -0.735. The molecule has 0 aliphatic carbocycles. The highest BCUT2D eigenvalue weighted by Gasteiger charge is 2.36. The van der Waals surface area contributed by atoms with Crippen LogP contribution in [-0.2, 0) is 11.2 Å². The third-order valence-corrected chi connectivity index (χ3v) is 5.10. The number of hydrogen-bond donors (Lipinski definition) is 3. The van der Waals surface area contributed by atoms with Crippen molar-refractivity contribution in [2.24, 2.45) is 0 Å². The summed E-state index contributed by atoms with van der Waals surface area (Å²) >= 11 is 0. The van der Waals surface area contributed by atoms with Crippen LogP contribution >= 0.6 is 0 Å². The summed E-state index contributed by atoms with van der Waals surface area (Å²) in [6.07, 6.45) is 1.88. The van der Waals surface area contributed by atoms with Crippen LogP contribution in [0.2, 0.25) is 0 Å². The Hall–Kier alpha value is -2.21. The molecule has 0 saturated carbocycles. The molecule has 0 amide bonds. The van der Waals surface area contributed by atoms with Gasteiger partial charge in [0.05, 0.1) is 6.04 Å². The second-order valence-electron chi connectivity index (χ2n) is 6.99. The molecule has 1 saturated heterocycles. The van der Waals surface area contributed by atoms with E-state index in [4.69, 9.17) is 5.11 Å². The molecule has 0 spiro atoms. The van der Waals surface area contributed by atoms with Crippen molar-refractivity contribution in [1.29, 1.82) is 0 Å². The van der Waals surface area contributed by atoms with Gasteiger partial charge in [0, 0.05) is 25.6 Å². The van der Waals surface area contributed by atoms with Crippen molar-refractivity contribution in [1.82, 2.24) is 10.2 Å². The molecular weight excluding hydrogens is 326 g/mol. The fourth-order valence-electron chi connectivity index (χ4n) is 3.69. The molecule has 1 fully saturated rings. The zero-order valence-corrected chi connectivity index (χ0v) is 15.1. The average molecular weight is 354 g/mol. The van der Waals surface area contributed by atoms with Crippen molar-refractivity contribution < 1.29 is 15.6 Å². The Labute approximate surface area is 154 Å². The van der Waals surface area contributed by atoms with Crippen molar-refractivity contribution in [3.8, 4) is 0 Å². The van der Waals surface area contributed by atoms with E-state index >= 15 is 0 Å².